The van der Waals surface area contributed by atoms with Crippen molar-refractivity contribution in [2.24, 2.45) is 0 Å². The summed E-state index contributed by atoms with van der Waals surface area (Å²) in [5, 5.41) is 3.20. The van der Waals surface area contributed by atoms with E-state index in [2.05, 4.69) is 5.32 Å². The van der Waals surface area contributed by atoms with Gasteiger partial charge in [0.25, 0.3) is 0 Å². The molecule has 0 saturated heterocycles. The Balaban J connectivity index is 2.13. The lowest BCUT2D eigenvalue weighted by Gasteiger charge is -2.08. The van der Waals surface area contributed by atoms with Gasteiger partial charge in [-0.25, -0.2) is 0 Å². The highest BCUT2D eigenvalue weighted by Crippen LogP contribution is 2.32. The van der Waals surface area contributed by atoms with Gasteiger partial charge in [0.05, 0.1) is 5.56 Å². The number of carbonyl (C=O) groups excluding carboxylic acids is 1. The van der Waals surface area contributed by atoms with E-state index in [4.69, 9.17) is 23.2 Å². The summed E-state index contributed by atoms with van der Waals surface area (Å²) in [6, 6.07) is 9.31. The Labute approximate surface area is 140 Å². The van der Waals surface area contributed by atoms with Gasteiger partial charge in [0, 0.05) is 21.8 Å². The summed E-state index contributed by atoms with van der Waals surface area (Å²) in [6.07, 6.45) is -2.14. The van der Waals surface area contributed by atoms with Crippen LogP contribution in [0.4, 0.5) is 18.9 Å². The number of nitrogens with one attached hydrogen (secondary N) is 1. The number of benzene rings is 2. The quantitative estimate of drug-likeness (QED) is 0.703. The topological polar surface area (TPSA) is 29.1 Å². The summed E-state index contributed by atoms with van der Waals surface area (Å²) >= 11 is 11.6. The third kappa shape index (κ3) is 5.01. The molecule has 0 unspecified atom stereocenters. The molecule has 2 aromatic carbocycles. The van der Waals surface area contributed by atoms with Gasteiger partial charge < -0.3 is 5.32 Å². The third-order valence-electron chi connectivity index (χ3n) is 2.85. The number of rotatable bonds is 3. The van der Waals surface area contributed by atoms with E-state index in [1.54, 1.807) is 24.3 Å². The first-order valence-corrected chi connectivity index (χ1v) is 7.13. The number of anilines is 1. The molecule has 0 aliphatic carbocycles. The molecule has 0 heterocycles. The zero-order valence-electron chi connectivity index (χ0n) is 11.5. The van der Waals surface area contributed by atoms with E-state index in [9.17, 15) is 18.0 Å². The smallest absolute Gasteiger partial charge is 0.323 e. The molecule has 0 aliphatic rings. The van der Waals surface area contributed by atoms with Crippen LogP contribution in [-0.2, 0) is 11.0 Å². The molecule has 2 nitrogen and oxygen atoms in total. The van der Waals surface area contributed by atoms with E-state index >= 15 is 0 Å². The molecule has 0 spiro atoms. The van der Waals surface area contributed by atoms with Crippen molar-refractivity contribution in [2.75, 3.05) is 5.32 Å². The van der Waals surface area contributed by atoms with Gasteiger partial charge in [-0.3, -0.25) is 4.79 Å². The van der Waals surface area contributed by atoms with Gasteiger partial charge in [-0.05, 0) is 54.1 Å². The van der Waals surface area contributed by atoms with Gasteiger partial charge in [0.15, 0.2) is 0 Å². The minimum absolute atomic E-state index is 0.104. The molecule has 0 radical (unpaired) electrons. The summed E-state index contributed by atoms with van der Waals surface area (Å²) in [5.41, 5.74) is -0.216. The number of hydrogen-bond donors (Lipinski definition) is 1. The maximum Gasteiger partial charge on any atom is 0.416 e. The maximum absolute atomic E-state index is 12.7. The first-order chi connectivity index (χ1) is 10.8. The van der Waals surface area contributed by atoms with E-state index in [0.717, 1.165) is 24.3 Å². The Morgan fingerprint density at radius 1 is 1.04 bits per heavy atom. The number of hydrogen-bond acceptors (Lipinski definition) is 1. The van der Waals surface area contributed by atoms with Gasteiger partial charge in [-0.15, -0.1) is 0 Å². The highest BCUT2D eigenvalue weighted by atomic mass is 35.5. The fourth-order valence-electron chi connectivity index (χ4n) is 1.73. The number of amides is 1. The zero-order chi connectivity index (χ0) is 17.0. The van der Waals surface area contributed by atoms with Crippen molar-refractivity contribution < 1.29 is 18.0 Å². The second-order valence-corrected chi connectivity index (χ2v) is 5.41. The molecule has 0 aliphatic heterocycles. The van der Waals surface area contributed by atoms with Crippen LogP contribution in [0.2, 0.25) is 10.0 Å². The Hall–Kier alpha value is -1.98. The van der Waals surface area contributed by atoms with E-state index in [0.29, 0.717) is 10.7 Å². The molecule has 2 aromatic rings. The standard InChI is InChI=1S/C16H10Cl2F3NO/c17-12-3-5-13(6-4-12)22-15(23)8-1-10-9-11(16(19,20)21)2-7-14(10)18/h1-9H,(H,22,23)/b8-1+. The van der Waals surface area contributed by atoms with E-state index in [-0.39, 0.29) is 10.6 Å². The summed E-state index contributed by atoms with van der Waals surface area (Å²) in [5.74, 6) is -0.499. The summed E-state index contributed by atoms with van der Waals surface area (Å²) in [7, 11) is 0. The highest BCUT2D eigenvalue weighted by Gasteiger charge is 2.30. The SMILES string of the molecule is O=C(/C=C/c1cc(C(F)(F)F)ccc1Cl)Nc1ccc(Cl)cc1. The van der Waals surface area contributed by atoms with Crippen LogP contribution in [0.25, 0.3) is 6.08 Å². The number of halogens is 5. The second kappa shape index (κ2) is 7.06. The fourth-order valence-corrected chi connectivity index (χ4v) is 2.04. The van der Waals surface area contributed by atoms with Gasteiger partial charge >= 0.3 is 6.18 Å². The van der Waals surface area contributed by atoms with Crippen molar-refractivity contribution >= 4 is 40.9 Å². The fraction of sp³-hybridized carbons (Fsp3) is 0.0625. The largest absolute Gasteiger partial charge is 0.416 e. The normalized spacial score (nSPS) is 11.7. The summed E-state index contributed by atoms with van der Waals surface area (Å²) in [4.78, 5) is 11.8. The molecule has 0 bridgehead atoms. The molecule has 0 fully saturated rings. The highest BCUT2D eigenvalue weighted by molar-refractivity contribution is 6.32. The first-order valence-electron chi connectivity index (χ1n) is 6.37. The van der Waals surface area contributed by atoms with Gasteiger partial charge in [0.1, 0.15) is 0 Å². The lowest BCUT2D eigenvalue weighted by atomic mass is 10.1. The van der Waals surface area contributed by atoms with Crippen LogP contribution in [0.3, 0.4) is 0 Å². The molecule has 2 rings (SSSR count). The van der Waals surface area contributed by atoms with Crippen LogP contribution in [-0.4, -0.2) is 5.91 Å². The van der Waals surface area contributed by atoms with E-state index in [1.807, 2.05) is 0 Å². The van der Waals surface area contributed by atoms with Crippen molar-refractivity contribution in [3.8, 4) is 0 Å². The zero-order valence-corrected chi connectivity index (χ0v) is 13.0. The molecular weight excluding hydrogens is 350 g/mol. The Morgan fingerprint density at radius 3 is 2.30 bits per heavy atom. The average Bonchev–Trinajstić information content (AvgIpc) is 2.47. The molecule has 7 heteroatoms. The van der Waals surface area contributed by atoms with Crippen LogP contribution in [0.5, 0.6) is 0 Å². The molecule has 0 saturated carbocycles. The first kappa shape index (κ1) is 17.4. The van der Waals surface area contributed by atoms with Crippen LogP contribution in [0, 0.1) is 0 Å². The van der Waals surface area contributed by atoms with Crippen LogP contribution in [0.1, 0.15) is 11.1 Å². The lowest BCUT2D eigenvalue weighted by molar-refractivity contribution is -0.137. The molecular formula is C16H10Cl2F3NO. The van der Waals surface area contributed by atoms with Crippen LogP contribution in [0.15, 0.2) is 48.5 Å². The third-order valence-corrected chi connectivity index (χ3v) is 3.45. The number of carbonyl (C=O) groups is 1. The minimum atomic E-state index is -4.47. The van der Waals surface area contributed by atoms with E-state index < -0.39 is 17.6 Å². The summed E-state index contributed by atoms with van der Waals surface area (Å²) < 4.78 is 38.0. The van der Waals surface area contributed by atoms with Crippen molar-refractivity contribution in [3.63, 3.8) is 0 Å². The lowest BCUT2D eigenvalue weighted by Crippen LogP contribution is -2.07. The van der Waals surface area contributed by atoms with Crippen molar-refractivity contribution in [3.05, 3.63) is 69.7 Å². The Morgan fingerprint density at radius 2 is 1.70 bits per heavy atom. The minimum Gasteiger partial charge on any atom is -0.323 e. The molecule has 1 N–H and O–H groups in total. The second-order valence-electron chi connectivity index (χ2n) is 4.56. The van der Waals surface area contributed by atoms with Crippen LogP contribution >= 0.6 is 23.2 Å². The Kier molecular flexibility index (Phi) is 5.34. The monoisotopic (exact) mass is 359 g/mol. The molecule has 120 valence electrons. The molecule has 1 amide bonds. The summed E-state index contributed by atoms with van der Waals surface area (Å²) in [6.45, 7) is 0. The molecule has 0 atom stereocenters. The predicted octanol–water partition coefficient (Wildman–Crippen LogP) is 5.66. The molecule has 0 aromatic heterocycles. The average molecular weight is 360 g/mol. The Bertz CT molecular complexity index is 740. The van der Waals surface area contributed by atoms with Crippen LogP contribution < -0.4 is 5.32 Å². The molecule has 23 heavy (non-hydrogen) atoms. The van der Waals surface area contributed by atoms with E-state index in [1.165, 1.54) is 6.08 Å². The van der Waals surface area contributed by atoms with Gasteiger partial charge in [-0.1, -0.05) is 23.2 Å². The van der Waals surface area contributed by atoms with Gasteiger partial charge in [0.2, 0.25) is 5.91 Å². The predicted molar refractivity (Wildman–Crippen MR) is 85.6 cm³/mol. The van der Waals surface area contributed by atoms with Crippen molar-refractivity contribution in [2.45, 2.75) is 6.18 Å². The van der Waals surface area contributed by atoms with Crippen molar-refractivity contribution in [1.29, 1.82) is 0 Å². The van der Waals surface area contributed by atoms with Crippen molar-refractivity contribution in [1.82, 2.24) is 0 Å². The van der Waals surface area contributed by atoms with Gasteiger partial charge in [-0.2, -0.15) is 13.2 Å². The maximum atomic E-state index is 12.7. The number of alkyl halides is 3.